The molecule has 0 saturated heterocycles. The molecule has 0 unspecified atom stereocenters. The molecule has 0 spiro atoms. The number of ether oxygens (including phenoxy) is 1. The Morgan fingerprint density at radius 1 is 1.24 bits per heavy atom. The molecule has 5 heteroatoms. The third-order valence-electron chi connectivity index (χ3n) is 6.84. The summed E-state index contributed by atoms with van der Waals surface area (Å²) < 4.78 is 5.57. The molecule has 3 aliphatic rings. The lowest BCUT2D eigenvalue weighted by molar-refractivity contribution is -0.214. The number of ketones is 1. The topological polar surface area (TPSA) is 83.8 Å². The van der Waals surface area contributed by atoms with E-state index in [0.29, 0.717) is 12.8 Å². The zero-order valence-corrected chi connectivity index (χ0v) is 14.6. The molecule has 134 valence electrons. The van der Waals surface area contributed by atoms with E-state index >= 15 is 0 Å². The number of esters is 1. The minimum Gasteiger partial charge on any atom is -0.508 e. The van der Waals surface area contributed by atoms with Crippen molar-refractivity contribution in [1.82, 2.24) is 0 Å². The Kier molecular flexibility index (Phi) is 3.52. The van der Waals surface area contributed by atoms with E-state index in [1.165, 1.54) is 6.92 Å². The van der Waals surface area contributed by atoms with Crippen LogP contribution in [0.15, 0.2) is 18.2 Å². The van der Waals surface area contributed by atoms with Gasteiger partial charge in [-0.2, -0.15) is 0 Å². The van der Waals surface area contributed by atoms with E-state index in [0.717, 1.165) is 30.4 Å². The van der Waals surface area contributed by atoms with Gasteiger partial charge in [-0.25, -0.2) is 0 Å². The summed E-state index contributed by atoms with van der Waals surface area (Å²) in [4.78, 5) is 24.3. The summed E-state index contributed by atoms with van der Waals surface area (Å²) >= 11 is 0. The van der Waals surface area contributed by atoms with Crippen LogP contribution in [-0.4, -0.2) is 28.1 Å². The fraction of sp³-hybridized carbons (Fsp3) is 0.600. The molecule has 0 heterocycles. The van der Waals surface area contributed by atoms with Crippen LogP contribution in [0.2, 0.25) is 0 Å². The maximum Gasteiger partial charge on any atom is 0.303 e. The molecule has 5 atom stereocenters. The number of Topliss-reactive ketones (excluding diaryl/α,β-unsaturated/α-hetero) is 1. The highest BCUT2D eigenvalue weighted by Gasteiger charge is 2.65. The summed E-state index contributed by atoms with van der Waals surface area (Å²) in [6.45, 7) is 3.30. The Morgan fingerprint density at radius 3 is 2.68 bits per heavy atom. The second-order valence-corrected chi connectivity index (χ2v) is 8.10. The van der Waals surface area contributed by atoms with Gasteiger partial charge in [-0.15, -0.1) is 0 Å². The van der Waals surface area contributed by atoms with Gasteiger partial charge in [0.15, 0.2) is 0 Å². The van der Waals surface area contributed by atoms with Crippen molar-refractivity contribution in [2.75, 3.05) is 0 Å². The Hall–Kier alpha value is -1.88. The van der Waals surface area contributed by atoms with Crippen LogP contribution >= 0.6 is 0 Å². The number of aryl methyl sites for hydroxylation is 1. The van der Waals surface area contributed by atoms with Gasteiger partial charge >= 0.3 is 5.97 Å². The highest BCUT2D eigenvalue weighted by Crippen LogP contribution is 2.61. The molecule has 25 heavy (non-hydrogen) atoms. The molecular formula is C20H24O5. The summed E-state index contributed by atoms with van der Waals surface area (Å²) in [5, 5.41) is 21.6. The van der Waals surface area contributed by atoms with Crippen LogP contribution in [-0.2, 0) is 26.3 Å². The molecule has 0 bridgehead atoms. The number of benzene rings is 1. The van der Waals surface area contributed by atoms with E-state index in [-0.39, 0.29) is 23.4 Å². The van der Waals surface area contributed by atoms with Crippen molar-refractivity contribution in [2.45, 2.75) is 57.7 Å². The summed E-state index contributed by atoms with van der Waals surface area (Å²) in [5.41, 5.74) is -0.217. The summed E-state index contributed by atoms with van der Waals surface area (Å²) in [6, 6.07) is 4.99. The predicted molar refractivity (Wildman–Crippen MR) is 89.8 cm³/mol. The first-order chi connectivity index (χ1) is 11.8. The molecule has 3 aliphatic carbocycles. The SMILES string of the molecule is CC(=O)O[C@@H]1C[C@]2(C)C(=O)CC[C@@H]2[C@@H]2CCc3cc(O)ccc3[C@@]12O. The number of phenolic OH excluding ortho intramolecular Hbond substituents is 1. The monoisotopic (exact) mass is 344 g/mol. The summed E-state index contributed by atoms with van der Waals surface area (Å²) in [6.07, 6.45) is 2.37. The van der Waals surface area contributed by atoms with Crippen molar-refractivity contribution >= 4 is 11.8 Å². The van der Waals surface area contributed by atoms with Crippen LogP contribution in [0.1, 0.15) is 50.7 Å². The van der Waals surface area contributed by atoms with Crippen molar-refractivity contribution < 1.29 is 24.5 Å². The molecule has 0 amide bonds. The van der Waals surface area contributed by atoms with Crippen LogP contribution in [0, 0.1) is 17.3 Å². The van der Waals surface area contributed by atoms with Gasteiger partial charge in [-0.1, -0.05) is 13.0 Å². The number of rotatable bonds is 1. The fourth-order valence-electron chi connectivity index (χ4n) is 5.71. The number of phenols is 1. The lowest BCUT2D eigenvalue weighted by Crippen LogP contribution is -2.60. The Bertz CT molecular complexity index is 756. The highest BCUT2D eigenvalue weighted by atomic mass is 16.6. The molecule has 0 aromatic heterocycles. The van der Waals surface area contributed by atoms with Gasteiger partial charge in [-0.3, -0.25) is 9.59 Å². The molecule has 0 aliphatic heterocycles. The van der Waals surface area contributed by atoms with Gasteiger partial charge < -0.3 is 14.9 Å². The summed E-state index contributed by atoms with van der Waals surface area (Å²) in [5.74, 6) is -0.0943. The Labute approximate surface area is 147 Å². The van der Waals surface area contributed by atoms with E-state index in [4.69, 9.17) is 4.74 Å². The average Bonchev–Trinajstić information content (AvgIpc) is 2.82. The fourth-order valence-corrected chi connectivity index (χ4v) is 5.71. The number of hydrogen-bond acceptors (Lipinski definition) is 5. The quantitative estimate of drug-likeness (QED) is 0.765. The second kappa shape index (κ2) is 5.31. The van der Waals surface area contributed by atoms with E-state index in [1.807, 2.05) is 6.92 Å². The highest BCUT2D eigenvalue weighted by molar-refractivity contribution is 5.87. The van der Waals surface area contributed by atoms with E-state index in [1.54, 1.807) is 18.2 Å². The first kappa shape index (κ1) is 16.6. The summed E-state index contributed by atoms with van der Waals surface area (Å²) in [7, 11) is 0. The molecule has 5 nitrogen and oxygen atoms in total. The van der Waals surface area contributed by atoms with Crippen molar-refractivity contribution in [3.8, 4) is 5.75 Å². The average molecular weight is 344 g/mol. The van der Waals surface area contributed by atoms with E-state index in [9.17, 15) is 19.8 Å². The van der Waals surface area contributed by atoms with Gasteiger partial charge in [-0.05, 0) is 54.4 Å². The van der Waals surface area contributed by atoms with Crippen LogP contribution < -0.4 is 0 Å². The molecular weight excluding hydrogens is 320 g/mol. The molecule has 0 radical (unpaired) electrons. The number of fused-ring (bicyclic) bond motifs is 5. The maximum atomic E-state index is 12.6. The minimum absolute atomic E-state index is 0.0961. The number of aromatic hydroxyl groups is 1. The van der Waals surface area contributed by atoms with Crippen molar-refractivity contribution in [3.63, 3.8) is 0 Å². The first-order valence-electron chi connectivity index (χ1n) is 9.02. The van der Waals surface area contributed by atoms with Gasteiger partial charge in [0.25, 0.3) is 0 Å². The predicted octanol–water partition coefficient (Wildman–Crippen LogP) is 2.46. The zero-order chi connectivity index (χ0) is 18.0. The van der Waals surface area contributed by atoms with E-state index < -0.39 is 23.1 Å². The minimum atomic E-state index is -1.30. The molecule has 2 N–H and O–H groups in total. The third kappa shape index (κ3) is 2.18. The lowest BCUT2D eigenvalue weighted by atomic mass is 9.52. The zero-order valence-electron chi connectivity index (χ0n) is 14.6. The second-order valence-electron chi connectivity index (χ2n) is 8.10. The van der Waals surface area contributed by atoms with Crippen LogP contribution in [0.5, 0.6) is 5.75 Å². The number of aliphatic hydroxyl groups is 1. The van der Waals surface area contributed by atoms with Crippen LogP contribution in [0.4, 0.5) is 0 Å². The number of carbonyl (C=O) groups excluding carboxylic acids is 2. The number of carbonyl (C=O) groups is 2. The third-order valence-corrected chi connectivity index (χ3v) is 6.84. The Morgan fingerprint density at radius 2 is 1.96 bits per heavy atom. The van der Waals surface area contributed by atoms with Crippen molar-refractivity contribution in [2.24, 2.45) is 17.3 Å². The molecule has 1 aromatic carbocycles. The van der Waals surface area contributed by atoms with Gasteiger partial charge in [0, 0.05) is 25.2 Å². The van der Waals surface area contributed by atoms with Gasteiger partial charge in [0.1, 0.15) is 23.2 Å². The van der Waals surface area contributed by atoms with Gasteiger partial charge in [0.05, 0.1) is 0 Å². The normalized spacial score (nSPS) is 39.3. The Balaban J connectivity index is 1.87. The molecule has 2 saturated carbocycles. The van der Waals surface area contributed by atoms with Crippen LogP contribution in [0.3, 0.4) is 0 Å². The smallest absolute Gasteiger partial charge is 0.303 e. The molecule has 1 aromatic rings. The van der Waals surface area contributed by atoms with Crippen molar-refractivity contribution in [1.29, 1.82) is 0 Å². The van der Waals surface area contributed by atoms with Crippen molar-refractivity contribution in [3.05, 3.63) is 29.3 Å². The largest absolute Gasteiger partial charge is 0.508 e. The van der Waals surface area contributed by atoms with Crippen LogP contribution in [0.25, 0.3) is 0 Å². The molecule has 4 rings (SSSR count). The molecule has 2 fully saturated rings. The first-order valence-corrected chi connectivity index (χ1v) is 9.02. The standard InChI is InChI=1S/C20H24O5/c1-11(21)25-18-10-19(2)15(7-8-17(19)23)16-5-3-12-9-13(22)4-6-14(12)20(16,18)24/h4,6,9,15-16,18,22,24H,3,5,7-8,10H2,1-2H3/t15-,16+,18-,19+,20+/m1/s1. The van der Waals surface area contributed by atoms with E-state index in [2.05, 4.69) is 0 Å². The number of hydrogen-bond donors (Lipinski definition) is 2. The van der Waals surface area contributed by atoms with Gasteiger partial charge in [0.2, 0.25) is 0 Å². The maximum absolute atomic E-state index is 12.6. The lowest BCUT2D eigenvalue weighted by Gasteiger charge is -2.56.